The number of aromatic carboxylic acids is 1. The Morgan fingerprint density at radius 2 is 1.94 bits per heavy atom. The van der Waals surface area contributed by atoms with Crippen LogP contribution in [0.3, 0.4) is 0 Å². The van der Waals surface area contributed by atoms with Crippen molar-refractivity contribution in [2.45, 2.75) is 20.3 Å². The Balaban J connectivity index is 1.48. The molecule has 0 unspecified atom stereocenters. The highest BCUT2D eigenvalue weighted by Gasteiger charge is 2.19. The molecule has 8 heteroatoms. The molecule has 4 rings (SSSR count). The molecule has 2 heterocycles. The Morgan fingerprint density at radius 1 is 1.12 bits per heavy atom. The third-order valence-corrected chi connectivity index (χ3v) is 4.56. The molecule has 4 aromatic rings. The van der Waals surface area contributed by atoms with E-state index in [0.29, 0.717) is 40.9 Å². The summed E-state index contributed by atoms with van der Waals surface area (Å²) in [6.07, 6.45) is 0.300. The van der Waals surface area contributed by atoms with Gasteiger partial charge in [-0.15, -0.1) is 5.10 Å². The van der Waals surface area contributed by atoms with Crippen LogP contribution in [0.25, 0.3) is 5.69 Å². The first kappa shape index (κ1) is 20.9. The largest absolute Gasteiger partial charge is 0.481 e. The summed E-state index contributed by atoms with van der Waals surface area (Å²) in [5.74, 6) is 6.60. The van der Waals surface area contributed by atoms with E-state index in [1.54, 1.807) is 6.92 Å². The number of hydrogen-bond donors (Lipinski definition) is 1. The van der Waals surface area contributed by atoms with Crippen LogP contribution in [0.15, 0.2) is 59.0 Å². The molecular formula is C24H20N4O4. The maximum Gasteiger partial charge on any atom is 0.358 e. The number of rotatable bonds is 6. The van der Waals surface area contributed by atoms with E-state index in [-0.39, 0.29) is 12.3 Å². The van der Waals surface area contributed by atoms with Gasteiger partial charge in [-0.25, -0.2) is 9.78 Å². The number of ether oxygens (including phenoxy) is 1. The number of carboxylic acids is 1. The first-order valence-electron chi connectivity index (χ1n) is 9.89. The molecule has 2 aromatic carbocycles. The number of oxazole rings is 1. The van der Waals surface area contributed by atoms with Crippen molar-refractivity contribution in [3.8, 4) is 23.3 Å². The monoisotopic (exact) mass is 428 g/mol. The van der Waals surface area contributed by atoms with Gasteiger partial charge in [-0.1, -0.05) is 36.3 Å². The van der Waals surface area contributed by atoms with E-state index in [1.807, 2.05) is 61.5 Å². The molecular weight excluding hydrogens is 408 g/mol. The molecule has 160 valence electrons. The summed E-state index contributed by atoms with van der Waals surface area (Å²) in [4.78, 5) is 17.2. The molecule has 0 bridgehead atoms. The van der Waals surface area contributed by atoms with E-state index in [4.69, 9.17) is 9.15 Å². The SMILES string of the molecule is Cc1nc(C#CCOc2cccc(Cc3nn(-c4ccccc4)nc3C(=O)O)c2)c(C)o1. The highest BCUT2D eigenvalue weighted by molar-refractivity contribution is 5.86. The Morgan fingerprint density at radius 3 is 2.66 bits per heavy atom. The fourth-order valence-electron chi connectivity index (χ4n) is 3.12. The summed E-state index contributed by atoms with van der Waals surface area (Å²) in [6, 6.07) is 16.5. The lowest BCUT2D eigenvalue weighted by Crippen LogP contribution is -2.03. The minimum Gasteiger partial charge on any atom is -0.481 e. The number of benzene rings is 2. The van der Waals surface area contributed by atoms with Crippen molar-refractivity contribution in [1.82, 2.24) is 20.0 Å². The Bertz CT molecular complexity index is 1310. The molecule has 0 fully saturated rings. The van der Waals surface area contributed by atoms with Gasteiger partial charge in [-0.3, -0.25) is 0 Å². The summed E-state index contributed by atoms with van der Waals surface area (Å²) >= 11 is 0. The quantitative estimate of drug-likeness (QED) is 0.468. The maximum absolute atomic E-state index is 11.7. The van der Waals surface area contributed by atoms with Gasteiger partial charge < -0.3 is 14.3 Å². The number of aryl methyl sites for hydroxylation is 2. The van der Waals surface area contributed by atoms with Crippen LogP contribution >= 0.6 is 0 Å². The van der Waals surface area contributed by atoms with E-state index in [9.17, 15) is 9.90 Å². The van der Waals surface area contributed by atoms with Gasteiger partial charge in [0.2, 0.25) is 0 Å². The lowest BCUT2D eigenvalue weighted by atomic mass is 10.1. The van der Waals surface area contributed by atoms with Gasteiger partial charge in [0.25, 0.3) is 0 Å². The smallest absolute Gasteiger partial charge is 0.358 e. The van der Waals surface area contributed by atoms with Gasteiger partial charge in [-0.05, 0) is 42.7 Å². The standard InChI is InChI=1S/C24H20N4O4/c1-16-21(25-17(2)32-16)12-7-13-31-20-11-6-8-18(14-20)15-22-23(24(29)30)27-28(26-22)19-9-4-3-5-10-19/h3-6,8-11,14H,13,15H2,1-2H3,(H,29,30). The van der Waals surface area contributed by atoms with E-state index < -0.39 is 5.97 Å². The topological polar surface area (TPSA) is 103 Å². The minimum atomic E-state index is -1.12. The molecule has 0 aliphatic rings. The van der Waals surface area contributed by atoms with Crippen molar-refractivity contribution in [3.63, 3.8) is 0 Å². The van der Waals surface area contributed by atoms with Crippen molar-refractivity contribution in [1.29, 1.82) is 0 Å². The minimum absolute atomic E-state index is 0.0793. The molecule has 8 nitrogen and oxygen atoms in total. The van der Waals surface area contributed by atoms with Gasteiger partial charge in [-0.2, -0.15) is 9.90 Å². The van der Waals surface area contributed by atoms with Crippen LogP contribution in [0.5, 0.6) is 5.75 Å². The third kappa shape index (κ3) is 4.84. The summed E-state index contributed by atoms with van der Waals surface area (Å²) in [7, 11) is 0. The predicted octanol–water partition coefficient (Wildman–Crippen LogP) is 3.59. The number of para-hydroxylation sites is 1. The van der Waals surface area contributed by atoms with Crippen LogP contribution in [-0.4, -0.2) is 37.7 Å². The molecule has 0 aliphatic carbocycles. The molecule has 0 aliphatic heterocycles. The van der Waals surface area contributed by atoms with Gasteiger partial charge >= 0.3 is 5.97 Å². The first-order valence-corrected chi connectivity index (χ1v) is 9.89. The average Bonchev–Trinajstić information content (AvgIpc) is 3.34. The molecule has 0 amide bonds. The van der Waals surface area contributed by atoms with Crippen molar-refractivity contribution in [3.05, 3.63) is 88.9 Å². The van der Waals surface area contributed by atoms with Crippen LogP contribution in [0, 0.1) is 25.7 Å². The molecule has 0 atom stereocenters. The Hall–Kier alpha value is -4.38. The number of carboxylic acid groups (broad SMARTS) is 1. The van der Waals surface area contributed by atoms with Crippen molar-refractivity contribution in [2.24, 2.45) is 0 Å². The zero-order chi connectivity index (χ0) is 22.5. The maximum atomic E-state index is 11.7. The zero-order valence-corrected chi connectivity index (χ0v) is 17.6. The lowest BCUT2D eigenvalue weighted by molar-refractivity contribution is 0.0689. The predicted molar refractivity (Wildman–Crippen MR) is 116 cm³/mol. The van der Waals surface area contributed by atoms with Gasteiger partial charge in [0.15, 0.2) is 17.3 Å². The number of hydrogen-bond acceptors (Lipinski definition) is 6. The van der Waals surface area contributed by atoms with Crippen molar-refractivity contribution >= 4 is 5.97 Å². The van der Waals surface area contributed by atoms with Crippen molar-refractivity contribution in [2.75, 3.05) is 6.61 Å². The second-order valence-corrected chi connectivity index (χ2v) is 6.98. The van der Waals surface area contributed by atoms with Gasteiger partial charge in [0.05, 0.1) is 5.69 Å². The summed E-state index contributed by atoms with van der Waals surface area (Å²) in [6.45, 7) is 3.77. The van der Waals surface area contributed by atoms with E-state index in [1.165, 1.54) is 4.80 Å². The second kappa shape index (κ2) is 9.18. The normalized spacial score (nSPS) is 10.4. The number of nitrogens with zero attached hydrogens (tertiary/aromatic N) is 4. The average molecular weight is 428 g/mol. The van der Waals surface area contributed by atoms with Crippen LogP contribution in [0.1, 0.15) is 39.1 Å². The van der Waals surface area contributed by atoms with Crippen LogP contribution in [0.2, 0.25) is 0 Å². The van der Waals surface area contributed by atoms with Crippen LogP contribution < -0.4 is 4.74 Å². The molecule has 0 radical (unpaired) electrons. The van der Waals surface area contributed by atoms with E-state index in [2.05, 4.69) is 27.0 Å². The first-order chi connectivity index (χ1) is 15.5. The lowest BCUT2D eigenvalue weighted by Gasteiger charge is -2.05. The molecule has 32 heavy (non-hydrogen) atoms. The Labute approximate surface area is 184 Å². The van der Waals surface area contributed by atoms with Gasteiger partial charge in [0.1, 0.15) is 23.8 Å². The third-order valence-electron chi connectivity index (χ3n) is 4.56. The van der Waals surface area contributed by atoms with Crippen LogP contribution in [-0.2, 0) is 6.42 Å². The molecule has 0 saturated carbocycles. The van der Waals surface area contributed by atoms with Gasteiger partial charge in [0, 0.05) is 13.3 Å². The summed E-state index contributed by atoms with van der Waals surface area (Å²) in [5.41, 5.74) is 2.43. The van der Waals surface area contributed by atoms with E-state index >= 15 is 0 Å². The molecule has 0 spiro atoms. The number of carbonyl (C=O) groups is 1. The highest BCUT2D eigenvalue weighted by atomic mass is 16.5. The summed E-state index contributed by atoms with van der Waals surface area (Å²) in [5, 5.41) is 18.1. The van der Waals surface area contributed by atoms with Crippen LogP contribution in [0.4, 0.5) is 0 Å². The summed E-state index contributed by atoms with van der Waals surface area (Å²) < 4.78 is 11.1. The fraction of sp³-hybridized carbons (Fsp3) is 0.167. The van der Waals surface area contributed by atoms with E-state index in [0.717, 1.165) is 5.56 Å². The zero-order valence-electron chi connectivity index (χ0n) is 17.6. The second-order valence-electron chi connectivity index (χ2n) is 6.98. The Kier molecular flexibility index (Phi) is 5.99. The highest BCUT2D eigenvalue weighted by Crippen LogP contribution is 2.18. The molecule has 0 saturated heterocycles. The number of aromatic nitrogens is 4. The molecule has 2 aromatic heterocycles. The molecule has 1 N–H and O–H groups in total. The fourth-order valence-corrected chi connectivity index (χ4v) is 3.12. The van der Waals surface area contributed by atoms with Crippen molar-refractivity contribution < 1.29 is 19.1 Å².